The fourth-order valence-corrected chi connectivity index (χ4v) is 14.1. The van der Waals surface area contributed by atoms with Crippen molar-refractivity contribution < 1.29 is 68.1 Å². The van der Waals surface area contributed by atoms with Crippen LogP contribution in [-0.4, -0.2) is 292 Å². The zero-order valence-corrected chi connectivity index (χ0v) is 68.7. The van der Waals surface area contributed by atoms with Crippen molar-refractivity contribution in [1.29, 1.82) is 0 Å². The zero-order valence-electron chi connectivity index (χ0n) is 67.1. The third kappa shape index (κ3) is 37.1. The number of hydrogen-bond donors (Lipinski definition) is 1. The number of rotatable bonds is 23. The maximum Gasteiger partial charge on any atom is 0.409 e. The minimum Gasteiger partial charge on any atom is -0.465 e. The summed E-state index contributed by atoms with van der Waals surface area (Å²) in [5.41, 5.74) is 0. The summed E-state index contributed by atoms with van der Waals surface area (Å²) in [6.45, 7) is 65.9. The molecule has 0 radical (unpaired) electrons. The molecule has 1 N–H and O–H groups in total. The van der Waals surface area contributed by atoms with E-state index in [0.717, 1.165) is 151 Å². The summed E-state index contributed by atoms with van der Waals surface area (Å²) in [5, 5.41) is 8.58. The Morgan fingerprint density at radius 2 is 0.730 bits per heavy atom. The van der Waals surface area contributed by atoms with Gasteiger partial charge in [0.2, 0.25) is 26.0 Å². The molecule has 9 fully saturated rings. The molecule has 0 aliphatic carbocycles. The Bertz CT molecular complexity index is 2410. The van der Waals surface area contributed by atoms with Crippen LogP contribution in [0.1, 0.15) is 145 Å². The van der Waals surface area contributed by atoms with Crippen molar-refractivity contribution in [2.75, 3.05) is 203 Å². The van der Waals surface area contributed by atoms with Gasteiger partial charge in [-0.2, -0.15) is 13.2 Å². The summed E-state index contributed by atoms with van der Waals surface area (Å²) in [6.07, 6.45) is -2.95. The first-order valence-electron chi connectivity index (χ1n) is 37.8. The summed E-state index contributed by atoms with van der Waals surface area (Å²) in [6, 6.07) is 0. The molecule has 0 unspecified atom stereocenters. The van der Waals surface area contributed by atoms with Gasteiger partial charge in [-0.3, -0.25) is 19.4 Å². The average Bonchev–Trinajstić information content (AvgIpc) is 0.804. The van der Waals surface area contributed by atoms with Crippen LogP contribution in [0.3, 0.4) is 0 Å². The molecule has 9 saturated heterocycles. The Labute approximate surface area is 607 Å². The molecule has 0 spiro atoms. The van der Waals surface area contributed by atoms with Crippen LogP contribution >= 0.6 is 0 Å². The minimum atomic E-state index is -4.03. The van der Waals surface area contributed by atoms with Crippen molar-refractivity contribution >= 4 is 38.0 Å². The van der Waals surface area contributed by atoms with Gasteiger partial charge in [-0.15, -0.1) is 0 Å². The first-order chi connectivity index (χ1) is 46.3. The Hall–Kier alpha value is -2.53. The van der Waals surface area contributed by atoms with E-state index in [1.54, 1.807) is 30.2 Å². The molecule has 0 saturated carbocycles. The number of ether oxygens (including phenoxy) is 3. The Kier molecular flexibility index (Phi) is 45.1. The van der Waals surface area contributed by atoms with Crippen LogP contribution in [0.15, 0.2) is 0 Å². The number of carbonyl (C=O) groups excluding carboxylic acids is 3. The van der Waals surface area contributed by atoms with Crippen molar-refractivity contribution in [1.82, 2.24) is 42.9 Å². The highest BCUT2D eigenvalue weighted by Crippen LogP contribution is 2.31. The number of nitrogens with zero attached hydrogens (tertiary/aromatic N) is 9. The topological polar surface area (TPSA) is 197 Å². The molecule has 9 aliphatic heterocycles. The molecular formula is C74H147F4N9O11S2. The zero-order chi connectivity index (χ0) is 76.7. The molecule has 26 heteroatoms. The maximum absolute atomic E-state index is 11.8. The van der Waals surface area contributed by atoms with Gasteiger partial charge in [0.05, 0.1) is 38.9 Å². The number of alkyl halides is 4. The Morgan fingerprint density at radius 3 is 1.00 bits per heavy atom. The number of aliphatic hydroxyl groups is 1. The third-order valence-electron chi connectivity index (χ3n) is 21.6. The van der Waals surface area contributed by atoms with E-state index in [1.807, 2.05) is 4.90 Å². The lowest BCUT2D eigenvalue weighted by Gasteiger charge is -2.41. The van der Waals surface area contributed by atoms with Crippen molar-refractivity contribution in [3.8, 4) is 0 Å². The van der Waals surface area contributed by atoms with Gasteiger partial charge in [0.15, 0.2) is 0 Å². The molecule has 0 aromatic rings. The highest BCUT2D eigenvalue weighted by atomic mass is 32.2. The van der Waals surface area contributed by atoms with Crippen LogP contribution < -0.4 is 0 Å². The van der Waals surface area contributed by atoms with E-state index in [0.29, 0.717) is 80.2 Å². The number of hydrogen-bond acceptors (Lipinski definition) is 16. The molecule has 594 valence electrons. The first kappa shape index (κ1) is 95.5. The first-order valence-corrected chi connectivity index (χ1v) is 41.3. The van der Waals surface area contributed by atoms with Gasteiger partial charge in [-0.25, -0.2) is 34.6 Å². The fourth-order valence-electron chi connectivity index (χ4n) is 11.9. The number of esters is 1. The summed E-state index contributed by atoms with van der Waals surface area (Å²) >= 11 is 0. The molecule has 9 rings (SSSR count). The lowest BCUT2D eigenvalue weighted by atomic mass is 9.88. The van der Waals surface area contributed by atoms with Crippen LogP contribution in [0, 0.1) is 107 Å². The average molecular weight is 1480 g/mol. The monoisotopic (exact) mass is 1480 g/mol. The molecule has 9 heterocycles. The number of β-amino-alcohol motifs (C(OH)–C–C–N with tert-alkyl or cyclic N) is 1. The third-order valence-corrected chi connectivity index (χ3v) is 24.7. The Morgan fingerprint density at radius 1 is 0.440 bits per heavy atom. The second kappa shape index (κ2) is 47.2. The second-order valence-electron chi connectivity index (χ2n) is 32.7. The highest BCUT2D eigenvalue weighted by molar-refractivity contribution is 7.89. The minimum absolute atomic E-state index is 0.180. The van der Waals surface area contributed by atoms with Crippen molar-refractivity contribution in [3.05, 3.63) is 0 Å². The van der Waals surface area contributed by atoms with Gasteiger partial charge in [0.25, 0.3) is 0 Å². The number of carbonyl (C=O) groups is 3. The molecule has 0 atom stereocenters. The fraction of sp³-hybridized carbons (Fsp3) is 0.959. The summed E-state index contributed by atoms with van der Waals surface area (Å²) < 4.78 is 109. The van der Waals surface area contributed by atoms with E-state index in [9.17, 15) is 48.8 Å². The summed E-state index contributed by atoms with van der Waals surface area (Å²) in [7, 11) is -2.61. The van der Waals surface area contributed by atoms with E-state index in [1.165, 1.54) is 68.8 Å². The SMILES string of the molecule is CC(=O)N1CC(C(C)C)C1.CC(=O)OCCN1CC(C(C)C)C1.CC(C)C1CN(CC(F)(F)F)C1.CC(C)C1CN(CCF)C1.CC(C)C1CN(CCO)C1.CC(C)C1CN(S(C)(=O)=O)C1.CCS(=O)(=O)N1CC(C(C)C)C1.COC(=O)N1CC(C(C)C)C1.COCCN1CC(C(C)C)C1. The van der Waals surface area contributed by atoms with Crippen LogP contribution in [0.25, 0.3) is 0 Å². The molecule has 100 heavy (non-hydrogen) atoms. The summed E-state index contributed by atoms with van der Waals surface area (Å²) in [5.74, 6) is 13.2. The van der Waals surface area contributed by atoms with E-state index >= 15 is 0 Å². The van der Waals surface area contributed by atoms with Gasteiger partial charge < -0.3 is 43.8 Å². The molecular weight excluding hydrogens is 1330 g/mol. The smallest absolute Gasteiger partial charge is 0.409 e. The highest BCUT2D eigenvalue weighted by Gasteiger charge is 2.40. The molecule has 0 bridgehead atoms. The number of likely N-dealkylation sites (tertiary alicyclic amines) is 7. The summed E-state index contributed by atoms with van der Waals surface area (Å²) in [4.78, 5) is 46.4. The second-order valence-corrected chi connectivity index (χ2v) is 37.0. The number of sulfonamides is 2. The van der Waals surface area contributed by atoms with Crippen molar-refractivity contribution in [2.24, 2.45) is 107 Å². The van der Waals surface area contributed by atoms with Crippen LogP contribution in [0.2, 0.25) is 0 Å². The molecule has 0 aromatic carbocycles. The number of aliphatic hydroxyl groups excluding tert-OH is 1. The molecule has 0 aromatic heterocycles. The van der Waals surface area contributed by atoms with Crippen LogP contribution in [-0.2, 0) is 43.8 Å². The predicted octanol–water partition coefficient (Wildman–Crippen LogP) is 10.5. The standard InChI is InChI=1S/C10H19NO2.C9H19NO.C8H14F3N.C8H16FN.C8H17NO2S.C8H15NO2.C8H15NO.C8H17NO.C7H15NO2S/c1-8(2)10-6-11(7-10)4-5-13-9(3)12;1-8(2)9-6-10(7-9)4-5-11-3;1-6(2)7-3-12(4-7)5-8(9,10)11;1-7(2)8-5-10(6-8)4-3-9;1-4-12(10,11)9-5-8(6-9)7(2)3;1-6(2)7-4-9(5-7)8(10)11-3;1-6(2)8-4-9(5-8)7(3)10;1-7(2)8-5-9(6-8)3-4-10;1-6(2)7-4-8(5-7)11(3,9)10/h8,10H,4-7H2,1-3H3;8-9H,4-7H2,1-3H3;6-7H,3-5H2,1-2H3;7-8H,3-6H2,1-2H3;7-8H,4-6H2,1-3H3;6-7H,4-5H2,1-3H3;6,8H,4-5H2,1-3H3;7-8,10H,3-6H2,1-2H3;6-7H,4-5H2,1-3H3. The van der Waals surface area contributed by atoms with Gasteiger partial charge in [-0.05, 0) is 113 Å². The predicted molar refractivity (Wildman–Crippen MR) is 398 cm³/mol. The molecule has 9 aliphatic rings. The van der Waals surface area contributed by atoms with Crippen LogP contribution in [0.5, 0.6) is 0 Å². The van der Waals surface area contributed by atoms with Crippen molar-refractivity contribution in [2.45, 2.75) is 152 Å². The van der Waals surface area contributed by atoms with E-state index in [-0.39, 0.29) is 30.4 Å². The van der Waals surface area contributed by atoms with E-state index in [4.69, 9.17) is 14.6 Å². The van der Waals surface area contributed by atoms with Crippen molar-refractivity contribution in [3.63, 3.8) is 0 Å². The van der Waals surface area contributed by atoms with Crippen LogP contribution in [0.4, 0.5) is 22.4 Å². The van der Waals surface area contributed by atoms with E-state index < -0.39 is 32.8 Å². The maximum atomic E-state index is 11.8. The van der Waals surface area contributed by atoms with E-state index in [2.05, 4.69) is 149 Å². The normalized spacial score (nSPS) is 20.6. The quantitative estimate of drug-likeness (QED) is 0.0748. The molecule has 2 amide bonds. The van der Waals surface area contributed by atoms with Gasteiger partial charge >= 0.3 is 18.2 Å². The Balaban J connectivity index is 0.000000563. The van der Waals surface area contributed by atoms with Gasteiger partial charge in [0, 0.05) is 165 Å². The number of methoxy groups -OCH3 is 2. The lowest BCUT2D eigenvalue weighted by molar-refractivity contribution is -0.160. The largest absolute Gasteiger partial charge is 0.465 e. The molecule has 20 nitrogen and oxygen atoms in total. The number of amides is 2. The lowest BCUT2D eigenvalue weighted by Crippen LogP contribution is -2.52. The van der Waals surface area contributed by atoms with Gasteiger partial charge in [-0.1, -0.05) is 125 Å². The van der Waals surface area contributed by atoms with Gasteiger partial charge in [0.1, 0.15) is 13.3 Å². The number of halogens is 4.